The lowest BCUT2D eigenvalue weighted by molar-refractivity contribution is 0.486. The Bertz CT molecular complexity index is 1070. The second-order valence-electron chi connectivity index (χ2n) is 6.84. The van der Waals surface area contributed by atoms with Crippen LogP contribution in [-0.2, 0) is 15.5 Å². The summed E-state index contributed by atoms with van der Waals surface area (Å²) >= 11 is 0. The van der Waals surface area contributed by atoms with Crippen LogP contribution in [0.25, 0.3) is 10.8 Å². The standard InChI is InChI=1S/C19H19NO4S/c1-19(2,3)13-7-9-14(10-8-13)24-25(22,23)17-6-4-5-16-15(17)11-12-20-18(16)21/h4-12H,1-3H3,(H,20,21). The van der Waals surface area contributed by atoms with Crippen molar-refractivity contribution in [1.82, 2.24) is 4.98 Å². The first-order valence-electron chi connectivity index (χ1n) is 7.84. The van der Waals surface area contributed by atoms with Crippen LogP contribution in [0.1, 0.15) is 26.3 Å². The van der Waals surface area contributed by atoms with Crippen molar-refractivity contribution in [2.75, 3.05) is 0 Å². The van der Waals surface area contributed by atoms with Crippen LogP contribution < -0.4 is 9.74 Å². The molecule has 0 amide bonds. The molecular weight excluding hydrogens is 338 g/mol. The molecule has 0 atom stereocenters. The van der Waals surface area contributed by atoms with Gasteiger partial charge in [0.05, 0.1) is 0 Å². The lowest BCUT2D eigenvalue weighted by atomic mass is 9.87. The molecule has 6 heteroatoms. The maximum atomic E-state index is 12.7. The largest absolute Gasteiger partial charge is 0.379 e. The molecule has 130 valence electrons. The number of rotatable bonds is 3. The third-order valence-corrected chi connectivity index (χ3v) is 5.28. The second-order valence-corrected chi connectivity index (χ2v) is 8.35. The van der Waals surface area contributed by atoms with Gasteiger partial charge in [0, 0.05) is 17.0 Å². The van der Waals surface area contributed by atoms with Gasteiger partial charge in [-0.2, -0.15) is 8.42 Å². The SMILES string of the molecule is CC(C)(C)c1ccc(OS(=O)(=O)c2cccc3c(=O)[nH]ccc23)cc1. The topological polar surface area (TPSA) is 76.2 Å². The number of hydrogen-bond donors (Lipinski definition) is 1. The Labute approximate surface area is 146 Å². The van der Waals surface area contributed by atoms with Gasteiger partial charge in [-0.05, 0) is 41.3 Å². The van der Waals surface area contributed by atoms with Crippen LogP contribution in [0.15, 0.2) is 64.4 Å². The number of aromatic nitrogens is 1. The van der Waals surface area contributed by atoms with Crippen LogP contribution in [-0.4, -0.2) is 13.4 Å². The fraction of sp³-hybridized carbons (Fsp3) is 0.211. The lowest BCUT2D eigenvalue weighted by Gasteiger charge is -2.19. The number of pyridine rings is 1. The minimum absolute atomic E-state index is 0.0315. The lowest BCUT2D eigenvalue weighted by Crippen LogP contribution is -2.13. The molecule has 3 rings (SSSR count). The highest BCUT2D eigenvalue weighted by Crippen LogP contribution is 2.27. The van der Waals surface area contributed by atoms with Crippen molar-refractivity contribution >= 4 is 20.9 Å². The van der Waals surface area contributed by atoms with E-state index in [0.717, 1.165) is 5.56 Å². The van der Waals surface area contributed by atoms with Gasteiger partial charge in [0.25, 0.3) is 5.56 Å². The summed E-state index contributed by atoms with van der Waals surface area (Å²) in [6, 6.07) is 13.0. The predicted molar refractivity (Wildman–Crippen MR) is 97.5 cm³/mol. The Balaban J connectivity index is 2.01. The first-order valence-corrected chi connectivity index (χ1v) is 9.25. The summed E-state index contributed by atoms with van der Waals surface area (Å²) in [6.07, 6.45) is 1.42. The van der Waals surface area contributed by atoms with E-state index in [1.165, 1.54) is 18.3 Å². The summed E-state index contributed by atoms with van der Waals surface area (Å²) in [5, 5.41) is 0.632. The Morgan fingerprint density at radius 1 is 0.920 bits per heavy atom. The van der Waals surface area contributed by atoms with Gasteiger partial charge in [0.1, 0.15) is 10.6 Å². The van der Waals surface area contributed by atoms with Gasteiger partial charge in [0.2, 0.25) is 0 Å². The van der Waals surface area contributed by atoms with E-state index >= 15 is 0 Å². The second kappa shape index (κ2) is 6.04. The molecule has 0 unspecified atom stereocenters. The van der Waals surface area contributed by atoms with Gasteiger partial charge in [-0.1, -0.05) is 39.0 Å². The number of H-pyrrole nitrogens is 1. The Morgan fingerprint density at radius 3 is 2.24 bits per heavy atom. The highest BCUT2D eigenvalue weighted by Gasteiger charge is 2.21. The van der Waals surface area contributed by atoms with Crippen molar-refractivity contribution in [3.8, 4) is 5.75 Å². The molecule has 1 N–H and O–H groups in total. The number of fused-ring (bicyclic) bond motifs is 1. The summed E-state index contributed by atoms with van der Waals surface area (Å²) in [7, 11) is -4.06. The van der Waals surface area contributed by atoms with E-state index in [0.29, 0.717) is 10.8 Å². The van der Waals surface area contributed by atoms with Gasteiger partial charge in [-0.3, -0.25) is 4.79 Å². The maximum absolute atomic E-state index is 12.7. The molecule has 0 fully saturated rings. The third-order valence-electron chi connectivity index (χ3n) is 3.97. The predicted octanol–water partition coefficient (Wildman–Crippen LogP) is 3.59. The molecule has 25 heavy (non-hydrogen) atoms. The van der Waals surface area contributed by atoms with Crippen LogP contribution in [0, 0.1) is 0 Å². The molecule has 5 nitrogen and oxygen atoms in total. The molecule has 0 bridgehead atoms. The maximum Gasteiger partial charge on any atom is 0.339 e. The van der Waals surface area contributed by atoms with Gasteiger partial charge >= 0.3 is 10.1 Å². The first kappa shape index (κ1) is 17.2. The first-order chi connectivity index (χ1) is 11.7. The normalized spacial score (nSPS) is 12.3. The van der Waals surface area contributed by atoms with E-state index in [9.17, 15) is 13.2 Å². The average Bonchev–Trinajstić information content (AvgIpc) is 2.54. The van der Waals surface area contributed by atoms with Gasteiger partial charge in [-0.15, -0.1) is 0 Å². The van der Waals surface area contributed by atoms with Crippen molar-refractivity contribution in [1.29, 1.82) is 0 Å². The highest BCUT2D eigenvalue weighted by molar-refractivity contribution is 7.87. The summed E-state index contributed by atoms with van der Waals surface area (Å²) < 4.78 is 30.6. The molecule has 1 heterocycles. The average molecular weight is 357 g/mol. The van der Waals surface area contributed by atoms with Crippen molar-refractivity contribution in [2.45, 2.75) is 31.1 Å². The molecule has 0 aliphatic carbocycles. The Kier molecular flexibility index (Phi) is 4.16. The Morgan fingerprint density at radius 2 is 1.60 bits per heavy atom. The minimum atomic E-state index is -4.06. The van der Waals surface area contributed by atoms with Crippen molar-refractivity contribution in [3.05, 3.63) is 70.6 Å². The van der Waals surface area contributed by atoms with E-state index in [2.05, 4.69) is 25.8 Å². The zero-order valence-corrected chi connectivity index (χ0v) is 15.1. The molecule has 2 aromatic carbocycles. The van der Waals surface area contributed by atoms with E-state index < -0.39 is 10.1 Å². The van der Waals surface area contributed by atoms with Gasteiger partial charge in [0.15, 0.2) is 0 Å². The number of aromatic amines is 1. The fourth-order valence-electron chi connectivity index (χ4n) is 2.59. The molecule has 0 aliphatic rings. The van der Waals surface area contributed by atoms with Crippen LogP contribution in [0.5, 0.6) is 5.75 Å². The van der Waals surface area contributed by atoms with E-state index in [1.807, 2.05) is 12.1 Å². The molecule has 0 spiro atoms. The summed E-state index contributed by atoms with van der Waals surface area (Å²) in [5.41, 5.74) is 0.701. The zero-order valence-electron chi connectivity index (χ0n) is 14.2. The third kappa shape index (κ3) is 3.44. The van der Waals surface area contributed by atoms with Crippen LogP contribution in [0.3, 0.4) is 0 Å². The van der Waals surface area contributed by atoms with Crippen LogP contribution >= 0.6 is 0 Å². The number of hydrogen-bond acceptors (Lipinski definition) is 4. The quantitative estimate of drug-likeness (QED) is 0.727. The molecule has 1 aromatic heterocycles. The van der Waals surface area contributed by atoms with E-state index in [4.69, 9.17) is 4.18 Å². The fourth-order valence-corrected chi connectivity index (χ4v) is 3.74. The van der Waals surface area contributed by atoms with Crippen molar-refractivity contribution < 1.29 is 12.6 Å². The minimum Gasteiger partial charge on any atom is -0.379 e. The van der Waals surface area contributed by atoms with Gasteiger partial charge in [-0.25, -0.2) is 0 Å². The summed E-state index contributed by atoms with van der Waals surface area (Å²) in [5.74, 6) is 0.231. The molecule has 0 saturated heterocycles. The molecule has 3 aromatic rings. The number of benzene rings is 2. The number of nitrogens with one attached hydrogen (secondary N) is 1. The van der Waals surface area contributed by atoms with E-state index in [-0.39, 0.29) is 21.6 Å². The molecule has 0 saturated carbocycles. The smallest absolute Gasteiger partial charge is 0.339 e. The molecule has 0 aliphatic heterocycles. The highest BCUT2D eigenvalue weighted by atomic mass is 32.2. The zero-order chi connectivity index (χ0) is 18.2. The monoisotopic (exact) mass is 357 g/mol. The van der Waals surface area contributed by atoms with Crippen LogP contribution in [0.4, 0.5) is 0 Å². The van der Waals surface area contributed by atoms with E-state index in [1.54, 1.807) is 24.3 Å². The van der Waals surface area contributed by atoms with Crippen LogP contribution in [0.2, 0.25) is 0 Å². The molecule has 0 radical (unpaired) electrons. The van der Waals surface area contributed by atoms with Gasteiger partial charge < -0.3 is 9.17 Å². The van der Waals surface area contributed by atoms with Crippen molar-refractivity contribution in [3.63, 3.8) is 0 Å². The summed E-state index contributed by atoms with van der Waals surface area (Å²) in [4.78, 5) is 14.4. The Hall–Kier alpha value is -2.60. The van der Waals surface area contributed by atoms with Crippen molar-refractivity contribution in [2.24, 2.45) is 0 Å². The summed E-state index contributed by atoms with van der Waals surface area (Å²) in [6.45, 7) is 6.23. The molecular formula is C19H19NO4S.